The Bertz CT molecular complexity index is 425. The van der Waals surface area contributed by atoms with Crippen LogP contribution in [0.2, 0.25) is 0 Å². The third-order valence-corrected chi connectivity index (χ3v) is 2.41. The van der Waals surface area contributed by atoms with Gasteiger partial charge in [-0.05, 0) is 22.9 Å². The molecule has 0 aliphatic carbocycles. The molecule has 0 aliphatic rings. The van der Waals surface area contributed by atoms with E-state index in [1.165, 1.54) is 10.8 Å². The largest absolute Gasteiger partial charge is 0.384 e. The summed E-state index contributed by atoms with van der Waals surface area (Å²) < 4.78 is 0. The number of benzene rings is 2. The maximum atomic E-state index is 4.16. The maximum Gasteiger partial charge on any atom is 0.0346 e. The zero-order valence-electron chi connectivity index (χ0n) is 7.90. The normalized spacial score (nSPS) is 10.4. The highest BCUT2D eigenvalue weighted by molar-refractivity contribution is 7.80. The number of hydrogen-bond acceptors (Lipinski definition) is 2. The van der Waals surface area contributed by atoms with Gasteiger partial charge in [-0.2, -0.15) is 12.6 Å². The Balaban J connectivity index is 2.32. The standard InChI is InChI=1S/C12H13NS/c14-8-7-13-12-6-5-10-3-1-2-4-11(10)9-12/h1-6,9,13-14H,7-8H2. The summed E-state index contributed by atoms with van der Waals surface area (Å²) in [6, 6.07) is 14.8. The van der Waals surface area contributed by atoms with Crippen LogP contribution in [0.1, 0.15) is 0 Å². The predicted molar refractivity (Wildman–Crippen MR) is 66.3 cm³/mol. The molecule has 0 aliphatic heterocycles. The monoisotopic (exact) mass is 203 g/mol. The average molecular weight is 203 g/mol. The molecule has 0 fully saturated rings. The summed E-state index contributed by atoms with van der Waals surface area (Å²) in [5.41, 5.74) is 1.16. The molecule has 0 atom stereocenters. The van der Waals surface area contributed by atoms with Crippen LogP contribution >= 0.6 is 12.6 Å². The van der Waals surface area contributed by atoms with E-state index >= 15 is 0 Å². The van der Waals surface area contributed by atoms with E-state index in [-0.39, 0.29) is 0 Å². The quantitative estimate of drug-likeness (QED) is 0.730. The lowest BCUT2D eigenvalue weighted by atomic mass is 10.1. The molecular formula is C12H13NS. The van der Waals surface area contributed by atoms with Crippen LogP contribution in [0.15, 0.2) is 42.5 Å². The van der Waals surface area contributed by atoms with Crippen LogP contribution in [0.3, 0.4) is 0 Å². The van der Waals surface area contributed by atoms with Crippen molar-refractivity contribution >= 4 is 29.1 Å². The fraction of sp³-hybridized carbons (Fsp3) is 0.167. The second-order valence-corrected chi connectivity index (χ2v) is 3.66. The van der Waals surface area contributed by atoms with Crippen LogP contribution in [0.5, 0.6) is 0 Å². The molecule has 1 nitrogen and oxygen atoms in total. The first kappa shape index (κ1) is 9.41. The molecule has 0 unspecified atom stereocenters. The fourth-order valence-electron chi connectivity index (χ4n) is 1.50. The van der Waals surface area contributed by atoms with Crippen LogP contribution in [-0.2, 0) is 0 Å². The number of fused-ring (bicyclic) bond motifs is 1. The van der Waals surface area contributed by atoms with Gasteiger partial charge in [-0.3, -0.25) is 0 Å². The Labute approximate surface area is 89.5 Å². The molecule has 2 heteroatoms. The molecule has 0 saturated carbocycles. The summed E-state index contributed by atoms with van der Waals surface area (Å²) in [6.45, 7) is 0.904. The molecule has 0 aromatic heterocycles. The van der Waals surface area contributed by atoms with Gasteiger partial charge in [0, 0.05) is 18.0 Å². The van der Waals surface area contributed by atoms with Crippen molar-refractivity contribution in [2.75, 3.05) is 17.6 Å². The van der Waals surface area contributed by atoms with Crippen LogP contribution in [0.25, 0.3) is 10.8 Å². The summed E-state index contributed by atoms with van der Waals surface area (Å²) in [4.78, 5) is 0. The first-order valence-corrected chi connectivity index (χ1v) is 5.37. The van der Waals surface area contributed by atoms with E-state index in [1.54, 1.807) is 0 Å². The van der Waals surface area contributed by atoms with E-state index < -0.39 is 0 Å². The lowest BCUT2D eigenvalue weighted by Gasteiger charge is -2.05. The Morgan fingerprint density at radius 2 is 1.79 bits per heavy atom. The van der Waals surface area contributed by atoms with E-state index in [0.29, 0.717) is 0 Å². The smallest absolute Gasteiger partial charge is 0.0346 e. The van der Waals surface area contributed by atoms with Crippen molar-refractivity contribution in [1.82, 2.24) is 0 Å². The molecule has 2 aromatic carbocycles. The summed E-state index contributed by atoms with van der Waals surface area (Å²) in [7, 11) is 0. The molecule has 0 amide bonds. The molecule has 0 radical (unpaired) electrons. The first-order valence-electron chi connectivity index (χ1n) is 4.74. The number of anilines is 1. The topological polar surface area (TPSA) is 12.0 Å². The molecule has 0 bridgehead atoms. The van der Waals surface area contributed by atoms with Gasteiger partial charge in [-0.25, -0.2) is 0 Å². The van der Waals surface area contributed by atoms with Gasteiger partial charge in [-0.1, -0.05) is 30.3 Å². The number of rotatable bonds is 3. The van der Waals surface area contributed by atoms with E-state index in [1.807, 2.05) is 0 Å². The molecule has 72 valence electrons. The molecule has 2 aromatic rings. The highest BCUT2D eigenvalue weighted by Crippen LogP contribution is 2.18. The van der Waals surface area contributed by atoms with Gasteiger partial charge >= 0.3 is 0 Å². The van der Waals surface area contributed by atoms with Crippen LogP contribution < -0.4 is 5.32 Å². The zero-order chi connectivity index (χ0) is 9.80. The van der Waals surface area contributed by atoms with Crippen molar-refractivity contribution < 1.29 is 0 Å². The molecule has 0 spiro atoms. The van der Waals surface area contributed by atoms with E-state index in [0.717, 1.165) is 18.0 Å². The number of hydrogen-bond donors (Lipinski definition) is 2. The molecule has 1 N–H and O–H groups in total. The van der Waals surface area contributed by atoms with Gasteiger partial charge in [-0.15, -0.1) is 0 Å². The second kappa shape index (κ2) is 4.38. The third kappa shape index (κ3) is 2.02. The molecule has 2 rings (SSSR count). The summed E-state index contributed by atoms with van der Waals surface area (Å²) >= 11 is 4.16. The van der Waals surface area contributed by atoms with E-state index in [9.17, 15) is 0 Å². The Kier molecular flexibility index (Phi) is 2.94. The summed E-state index contributed by atoms with van der Waals surface area (Å²) in [5, 5.41) is 5.87. The molecular weight excluding hydrogens is 190 g/mol. The van der Waals surface area contributed by atoms with Gasteiger partial charge < -0.3 is 5.32 Å². The van der Waals surface area contributed by atoms with E-state index in [4.69, 9.17) is 0 Å². The second-order valence-electron chi connectivity index (χ2n) is 3.21. The third-order valence-electron chi connectivity index (χ3n) is 2.19. The highest BCUT2D eigenvalue weighted by atomic mass is 32.1. The minimum Gasteiger partial charge on any atom is -0.384 e. The maximum absolute atomic E-state index is 4.16. The van der Waals surface area contributed by atoms with Crippen molar-refractivity contribution in [2.24, 2.45) is 0 Å². The Hall–Kier alpha value is -1.15. The molecule has 14 heavy (non-hydrogen) atoms. The fourth-order valence-corrected chi connectivity index (χ4v) is 1.61. The van der Waals surface area contributed by atoms with Gasteiger partial charge in [0.1, 0.15) is 0 Å². The lowest BCUT2D eigenvalue weighted by Crippen LogP contribution is -2.01. The van der Waals surface area contributed by atoms with Crippen LogP contribution in [-0.4, -0.2) is 12.3 Å². The summed E-state index contributed by atoms with van der Waals surface area (Å²) in [6.07, 6.45) is 0. The van der Waals surface area contributed by atoms with Crippen molar-refractivity contribution in [3.63, 3.8) is 0 Å². The average Bonchev–Trinajstić information content (AvgIpc) is 2.26. The molecule has 0 saturated heterocycles. The van der Waals surface area contributed by atoms with Crippen molar-refractivity contribution in [3.8, 4) is 0 Å². The zero-order valence-corrected chi connectivity index (χ0v) is 8.80. The SMILES string of the molecule is SCCNc1ccc2ccccc2c1. The predicted octanol–water partition coefficient (Wildman–Crippen LogP) is 3.18. The van der Waals surface area contributed by atoms with Crippen molar-refractivity contribution in [2.45, 2.75) is 0 Å². The Morgan fingerprint density at radius 1 is 1.00 bits per heavy atom. The van der Waals surface area contributed by atoms with Crippen molar-refractivity contribution in [3.05, 3.63) is 42.5 Å². The van der Waals surface area contributed by atoms with Crippen molar-refractivity contribution in [1.29, 1.82) is 0 Å². The number of thiol groups is 1. The van der Waals surface area contributed by atoms with Crippen LogP contribution in [0.4, 0.5) is 5.69 Å². The van der Waals surface area contributed by atoms with E-state index in [2.05, 4.69) is 60.4 Å². The highest BCUT2D eigenvalue weighted by Gasteiger charge is 1.93. The number of nitrogens with one attached hydrogen (secondary N) is 1. The minimum atomic E-state index is 0.854. The Morgan fingerprint density at radius 3 is 2.57 bits per heavy atom. The van der Waals surface area contributed by atoms with Gasteiger partial charge in [0.15, 0.2) is 0 Å². The van der Waals surface area contributed by atoms with Gasteiger partial charge in [0.2, 0.25) is 0 Å². The van der Waals surface area contributed by atoms with Gasteiger partial charge in [0.05, 0.1) is 0 Å². The van der Waals surface area contributed by atoms with Gasteiger partial charge in [0.25, 0.3) is 0 Å². The first-order chi connectivity index (χ1) is 6.90. The molecule has 0 heterocycles. The summed E-state index contributed by atoms with van der Waals surface area (Å²) in [5.74, 6) is 0.854. The minimum absolute atomic E-state index is 0.854. The van der Waals surface area contributed by atoms with Crippen LogP contribution in [0, 0.1) is 0 Å². The lowest BCUT2D eigenvalue weighted by molar-refractivity contribution is 1.24.